The number of carbonyl (C=O) groups is 1. The lowest BCUT2D eigenvalue weighted by molar-refractivity contribution is 0.0750. The third kappa shape index (κ3) is 4.31. The van der Waals surface area contributed by atoms with E-state index in [0.29, 0.717) is 26.3 Å². The molecular weight excluding hydrogens is 424 g/mol. The molecule has 2 aromatic heterocycles. The SMILES string of the molecule is Cc1nc(-c2ccccc2)sc1C(=O)N1CCN(c2ccnc(N3CCOCC3)n2)CC1. The fraction of sp³-hybridized carbons (Fsp3) is 0.391. The van der Waals surface area contributed by atoms with Crippen LogP contribution in [-0.4, -0.2) is 78.2 Å². The van der Waals surface area contributed by atoms with Crippen molar-refractivity contribution in [1.82, 2.24) is 19.9 Å². The Morgan fingerprint density at radius 2 is 1.69 bits per heavy atom. The second-order valence-electron chi connectivity index (χ2n) is 7.89. The molecule has 0 atom stereocenters. The van der Waals surface area contributed by atoms with Crippen LogP contribution in [0, 0.1) is 6.92 Å². The summed E-state index contributed by atoms with van der Waals surface area (Å²) in [7, 11) is 0. The Hall–Kier alpha value is -3.04. The molecule has 9 heteroatoms. The topological polar surface area (TPSA) is 74.7 Å². The molecule has 5 rings (SSSR count). The fourth-order valence-electron chi connectivity index (χ4n) is 4.01. The van der Waals surface area contributed by atoms with Crippen LogP contribution in [0.4, 0.5) is 11.8 Å². The maximum atomic E-state index is 13.2. The summed E-state index contributed by atoms with van der Waals surface area (Å²) < 4.78 is 5.42. The van der Waals surface area contributed by atoms with Crippen LogP contribution >= 0.6 is 11.3 Å². The normalized spacial score (nSPS) is 17.0. The highest BCUT2D eigenvalue weighted by molar-refractivity contribution is 7.17. The van der Waals surface area contributed by atoms with Gasteiger partial charge in [-0.25, -0.2) is 9.97 Å². The fourth-order valence-corrected chi connectivity index (χ4v) is 5.05. The van der Waals surface area contributed by atoms with Crippen molar-refractivity contribution in [3.63, 3.8) is 0 Å². The molecule has 0 saturated carbocycles. The van der Waals surface area contributed by atoms with Crippen molar-refractivity contribution < 1.29 is 9.53 Å². The monoisotopic (exact) mass is 450 g/mol. The number of morpholine rings is 1. The number of rotatable bonds is 4. The first kappa shape index (κ1) is 20.8. The van der Waals surface area contributed by atoms with Crippen molar-refractivity contribution in [2.75, 3.05) is 62.3 Å². The summed E-state index contributed by atoms with van der Waals surface area (Å²) in [4.78, 5) is 34.1. The van der Waals surface area contributed by atoms with Crippen LogP contribution in [0.25, 0.3) is 10.6 Å². The number of aromatic nitrogens is 3. The number of piperazine rings is 1. The molecule has 2 fully saturated rings. The number of carbonyl (C=O) groups excluding carboxylic acids is 1. The molecule has 0 unspecified atom stereocenters. The second-order valence-corrected chi connectivity index (χ2v) is 8.89. The summed E-state index contributed by atoms with van der Waals surface area (Å²) in [6.07, 6.45) is 1.82. The highest BCUT2D eigenvalue weighted by atomic mass is 32.1. The lowest BCUT2D eigenvalue weighted by atomic mass is 10.2. The zero-order chi connectivity index (χ0) is 21.9. The smallest absolute Gasteiger partial charge is 0.265 e. The van der Waals surface area contributed by atoms with E-state index in [-0.39, 0.29) is 5.91 Å². The highest BCUT2D eigenvalue weighted by Crippen LogP contribution is 2.29. The zero-order valence-corrected chi connectivity index (χ0v) is 18.9. The van der Waals surface area contributed by atoms with Gasteiger partial charge in [-0.1, -0.05) is 30.3 Å². The lowest BCUT2D eigenvalue weighted by Gasteiger charge is -2.35. The predicted molar refractivity (Wildman–Crippen MR) is 125 cm³/mol. The minimum absolute atomic E-state index is 0.0681. The van der Waals surface area contributed by atoms with Gasteiger partial charge in [-0.05, 0) is 13.0 Å². The first-order valence-electron chi connectivity index (χ1n) is 10.9. The number of hydrogen-bond acceptors (Lipinski definition) is 8. The number of benzene rings is 1. The molecular formula is C23H26N6O2S. The van der Waals surface area contributed by atoms with Gasteiger partial charge in [0.15, 0.2) is 0 Å². The average molecular weight is 451 g/mol. The summed E-state index contributed by atoms with van der Waals surface area (Å²) in [5, 5.41) is 0.890. The maximum absolute atomic E-state index is 13.2. The number of aryl methyl sites for hydroxylation is 1. The van der Waals surface area contributed by atoms with Gasteiger partial charge in [0.05, 0.1) is 18.9 Å². The van der Waals surface area contributed by atoms with Gasteiger partial charge in [-0.15, -0.1) is 11.3 Å². The molecule has 2 aliphatic heterocycles. The van der Waals surface area contributed by atoms with Crippen LogP contribution in [0.1, 0.15) is 15.4 Å². The molecule has 8 nitrogen and oxygen atoms in total. The largest absolute Gasteiger partial charge is 0.378 e. The predicted octanol–water partition coefficient (Wildman–Crippen LogP) is 2.71. The van der Waals surface area contributed by atoms with Gasteiger partial charge in [-0.2, -0.15) is 4.98 Å². The third-order valence-corrected chi connectivity index (χ3v) is 7.02. The van der Waals surface area contributed by atoms with Gasteiger partial charge in [-0.3, -0.25) is 4.79 Å². The first-order chi connectivity index (χ1) is 15.7. The quantitative estimate of drug-likeness (QED) is 0.605. The van der Waals surface area contributed by atoms with E-state index in [2.05, 4.69) is 19.8 Å². The van der Waals surface area contributed by atoms with Crippen molar-refractivity contribution in [2.24, 2.45) is 0 Å². The van der Waals surface area contributed by atoms with E-state index < -0.39 is 0 Å². The Labute approximate surface area is 191 Å². The van der Waals surface area contributed by atoms with Crippen molar-refractivity contribution in [1.29, 1.82) is 0 Å². The standard InChI is InChI=1S/C23H26N6O2S/c1-17-20(32-21(25-17)18-5-3-2-4-6-18)22(30)28-11-9-27(10-12-28)19-7-8-24-23(26-19)29-13-15-31-16-14-29/h2-8H,9-16H2,1H3. The van der Waals surface area contributed by atoms with E-state index in [4.69, 9.17) is 9.72 Å². The number of hydrogen-bond donors (Lipinski definition) is 0. The van der Waals surface area contributed by atoms with Crippen molar-refractivity contribution in [3.05, 3.63) is 53.2 Å². The lowest BCUT2D eigenvalue weighted by Crippen LogP contribution is -2.49. The molecule has 4 heterocycles. The van der Waals surface area contributed by atoms with Gasteiger partial charge < -0.3 is 19.4 Å². The van der Waals surface area contributed by atoms with E-state index >= 15 is 0 Å². The third-order valence-electron chi connectivity index (χ3n) is 5.82. The van der Waals surface area contributed by atoms with E-state index in [1.165, 1.54) is 11.3 Å². The molecule has 0 N–H and O–H groups in total. The zero-order valence-electron chi connectivity index (χ0n) is 18.1. The molecule has 1 amide bonds. The van der Waals surface area contributed by atoms with Crippen LogP contribution in [0.15, 0.2) is 42.6 Å². The highest BCUT2D eigenvalue weighted by Gasteiger charge is 2.26. The molecule has 32 heavy (non-hydrogen) atoms. The summed E-state index contributed by atoms with van der Waals surface area (Å²) in [6, 6.07) is 12.0. The minimum atomic E-state index is 0.0681. The van der Waals surface area contributed by atoms with Crippen molar-refractivity contribution in [3.8, 4) is 10.6 Å². The van der Waals surface area contributed by atoms with E-state index in [9.17, 15) is 4.79 Å². The second kappa shape index (κ2) is 9.22. The Morgan fingerprint density at radius 1 is 0.938 bits per heavy atom. The molecule has 0 bridgehead atoms. The van der Waals surface area contributed by atoms with E-state index in [1.807, 2.05) is 54.4 Å². The van der Waals surface area contributed by atoms with Gasteiger partial charge >= 0.3 is 0 Å². The summed E-state index contributed by atoms with van der Waals surface area (Å²) >= 11 is 1.48. The number of anilines is 2. The molecule has 2 aliphatic rings. The van der Waals surface area contributed by atoms with Crippen LogP contribution in [0.3, 0.4) is 0 Å². The molecule has 166 valence electrons. The van der Waals surface area contributed by atoms with Crippen molar-refractivity contribution >= 4 is 29.0 Å². The average Bonchev–Trinajstić information content (AvgIpc) is 3.26. The minimum Gasteiger partial charge on any atom is -0.378 e. The number of nitrogens with zero attached hydrogens (tertiary/aromatic N) is 6. The van der Waals surface area contributed by atoms with Gasteiger partial charge in [0, 0.05) is 51.0 Å². The van der Waals surface area contributed by atoms with Crippen molar-refractivity contribution in [2.45, 2.75) is 6.92 Å². The van der Waals surface area contributed by atoms with Crippen LogP contribution in [-0.2, 0) is 4.74 Å². The summed E-state index contributed by atoms with van der Waals surface area (Å²) in [6.45, 7) is 7.76. The Balaban J connectivity index is 1.24. The van der Waals surface area contributed by atoms with E-state index in [1.54, 1.807) is 0 Å². The maximum Gasteiger partial charge on any atom is 0.265 e. The molecule has 1 aromatic carbocycles. The number of thiazole rings is 1. The van der Waals surface area contributed by atoms with Crippen LogP contribution in [0.2, 0.25) is 0 Å². The van der Waals surface area contributed by atoms with Crippen LogP contribution in [0.5, 0.6) is 0 Å². The number of ether oxygens (including phenoxy) is 1. The van der Waals surface area contributed by atoms with Gasteiger partial charge in [0.1, 0.15) is 15.7 Å². The molecule has 0 aliphatic carbocycles. The summed E-state index contributed by atoms with van der Waals surface area (Å²) in [5.74, 6) is 1.73. The first-order valence-corrected chi connectivity index (χ1v) is 11.7. The Kier molecular flexibility index (Phi) is 6.00. The molecule has 2 saturated heterocycles. The van der Waals surface area contributed by atoms with E-state index in [0.717, 1.165) is 59.1 Å². The molecule has 0 spiro atoms. The van der Waals surface area contributed by atoms with Crippen LogP contribution < -0.4 is 9.80 Å². The summed E-state index contributed by atoms with van der Waals surface area (Å²) in [5.41, 5.74) is 1.84. The Morgan fingerprint density at radius 3 is 2.44 bits per heavy atom. The Bertz CT molecular complexity index is 1080. The number of amides is 1. The molecule has 3 aromatic rings. The van der Waals surface area contributed by atoms with Gasteiger partial charge in [0.2, 0.25) is 5.95 Å². The molecule has 0 radical (unpaired) electrons. The van der Waals surface area contributed by atoms with Gasteiger partial charge in [0.25, 0.3) is 5.91 Å².